The van der Waals surface area contributed by atoms with E-state index in [0.29, 0.717) is 15.6 Å². The molecule has 1 aromatic carbocycles. The molecule has 1 aromatic heterocycles. The molecule has 3 rings (SSSR count). The van der Waals surface area contributed by atoms with Crippen molar-refractivity contribution in [2.24, 2.45) is 0 Å². The Hall–Kier alpha value is -0.960. The summed E-state index contributed by atoms with van der Waals surface area (Å²) in [5, 5.41) is 5.48. The van der Waals surface area contributed by atoms with E-state index < -0.39 is 10.0 Å². The molecule has 5 nitrogen and oxygen atoms in total. The van der Waals surface area contributed by atoms with Crippen molar-refractivity contribution in [1.82, 2.24) is 10.3 Å². The normalized spacial score (nSPS) is 15.1. The van der Waals surface area contributed by atoms with Crippen molar-refractivity contribution in [2.45, 2.75) is 30.3 Å². The summed E-state index contributed by atoms with van der Waals surface area (Å²) in [5.74, 6) is 0. The maximum absolute atomic E-state index is 12.3. The first-order valence-corrected chi connectivity index (χ1v) is 9.64. The molecule has 0 unspecified atom stereocenters. The average Bonchev–Trinajstić information content (AvgIpc) is 3.13. The van der Waals surface area contributed by atoms with Crippen molar-refractivity contribution in [2.75, 3.05) is 4.72 Å². The molecular weight excluding hydrogens is 374 g/mol. The molecule has 0 saturated heterocycles. The Labute approximate surface area is 136 Å². The fraction of sp³-hybridized carbons (Fsp3) is 0.308. The van der Waals surface area contributed by atoms with Crippen molar-refractivity contribution in [3.8, 4) is 0 Å². The highest BCUT2D eigenvalue weighted by molar-refractivity contribution is 9.10. The number of sulfonamides is 1. The molecule has 1 aliphatic carbocycles. The third-order valence-corrected chi connectivity index (χ3v) is 6.25. The third-order valence-electron chi connectivity index (χ3n) is 3.11. The summed E-state index contributed by atoms with van der Waals surface area (Å²) in [6, 6.07) is 5.91. The number of halogens is 1. The van der Waals surface area contributed by atoms with Crippen LogP contribution in [0.1, 0.15) is 18.4 Å². The monoisotopic (exact) mass is 387 g/mol. The smallest absolute Gasteiger partial charge is 0.264 e. The molecule has 1 aliphatic rings. The summed E-state index contributed by atoms with van der Waals surface area (Å²) in [6.07, 6.45) is 4.01. The fourth-order valence-electron chi connectivity index (χ4n) is 1.87. The van der Waals surface area contributed by atoms with Crippen LogP contribution in [0.3, 0.4) is 0 Å². The quantitative estimate of drug-likeness (QED) is 0.798. The van der Waals surface area contributed by atoms with Gasteiger partial charge in [-0.3, -0.25) is 4.72 Å². The zero-order valence-corrected chi connectivity index (χ0v) is 14.3. The van der Waals surface area contributed by atoms with Crippen molar-refractivity contribution in [3.63, 3.8) is 0 Å². The van der Waals surface area contributed by atoms with Gasteiger partial charge in [0.05, 0.1) is 0 Å². The number of aromatic nitrogens is 1. The Morgan fingerprint density at radius 2 is 2.19 bits per heavy atom. The lowest BCUT2D eigenvalue weighted by atomic mass is 10.2. The highest BCUT2D eigenvalue weighted by Crippen LogP contribution is 2.26. The van der Waals surface area contributed by atoms with Gasteiger partial charge in [0.25, 0.3) is 10.0 Å². The van der Waals surface area contributed by atoms with Gasteiger partial charge in [-0.2, -0.15) is 0 Å². The number of benzene rings is 1. The summed E-state index contributed by atoms with van der Waals surface area (Å²) < 4.78 is 27.7. The number of hydrogen-bond donors (Lipinski definition) is 2. The van der Waals surface area contributed by atoms with Crippen LogP contribution in [0.15, 0.2) is 39.1 Å². The van der Waals surface area contributed by atoms with Crippen LogP contribution in [0.4, 0.5) is 5.13 Å². The van der Waals surface area contributed by atoms with E-state index in [9.17, 15) is 8.42 Å². The van der Waals surface area contributed by atoms with Gasteiger partial charge in [0.2, 0.25) is 0 Å². The van der Waals surface area contributed by atoms with Crippen molar-refractivity contribution >= 4 is 42.4 Å². The molecule has 0 atom stereocenters. The van der Waals surface area contributed by atoms with E-state index in [0.717, 1.165) is 12.1 Å². The van der Waals surface area contributed by atoms with Gasteiger partial charge in [-0.15, -0.1) is 11.3 Å². The van der Waals surface area contributed by atoms with Gasteiger partial charge in [0.1, 0.15) is 4.90 Å². The second-order valence-electron chi connectivity index (χ2n) is 4.86. The molecule has 0 spiro atoms. The lowest BCUT2D eigenvalue weighted by molar-refractivity contribution is 0.600. The van der Waals surface area contributed by atoms with E-state index in [-0.39, 0.29) is 4.90 Å². The first kappa shape index (κ1) is 15.0. The maximum atomic E-state index is 12.3. The van der Waals surface area contributed by atoms with Gasteiger partial charge >= 0.3 is 0 Å². The number of hydrogen-bond acceptors (Lipinski definition) is 5. The minimum absolute atomic E-state index is 0.216. The van der Waals surface area contributed by atoms with Crippen LogP contribution in [0.2, 0.25) is 0 Å². The Morgan fingerprint density at radius 1 is 1.38 bits per heavy atom. The van der Waals surface area contributed by atoms with Crippen LogP contribution in [-0.2, 0) is 16.6 Å². The van der Waals surface area contributed by atoms with Crippen molar-refractivity contribution in [3.05, 3.63) is 39.8 Å². The van der Waals surface area contributed by atoms with Crippen LogP contribution in [0, 0.1) is 0 Å². The fourth-order valence-corrected chi connectivity index (χ4v) is 4.78. The van der Waals surface area contributed by atoms with Gasteiger partial charge in [-0.25, -0.2) is 13.4 Å². The van der Waals surface area contributed by atoms with Crippen LogP contribution < -0.4 is 10.0 Å². The molecule has 1 heterocycles. The second-order valence-corrected chi connectivity index (χ2v) is 8.26. The lowest BCUT2D eigenvalue weighted by Gasteiger charge is -2.09. The maximum Gasteiger partial charge on any atom is 0.264 e. The second kappa shape index (κ2) is 6.04. The average molecular weight is 388 g/mol. The number of thiazole rings is 1. The highest BCUT2D eigenvalue weighted by Gasteiger charge is 2.21. The van der Waals surface area contributed by atoms with E-state index in [4.69, 9.17) is 0 Å². The topological polar surface area (TPSA) is 71.1 Å². The van der Waals surface area contributed by atoms with Crippen LogP contribution in [0.5, 0.6) is 0 Å². The van der Waals surface area contributed by atoms with Gasteiger partial charge < -0.3 is 5.32 Å². The SMILES string of the molecule is O=S(=O)(Nc1nccs1)c1ccc(CNC2CC2)cc1Br. The van der Waals surface area contributed by atoms with Crippen LogP contribution in [0.25, 0.3) is 0 Å². The minimum Gasteiger partial charge on any atom is -0.310 e. The first-order chi connectivity index (χ1) is 10.0. The largest absolute Gasteiger partial charge is 0.310 e. The molecule has 0 bridgehead atoms. The number of nitrogens with zero attached hydrogens (tertiary/aromatic N) is 1. The molecule has 0 radical (unpaired) electrons. The zero-order valence-electron chi connectivity index (χ0n) is 11.0. The van der Waals surface area contributed by atoms with Gasteiger partial charge in [0, 0.05) is 28.6 Å². The summed E-state index contributed by atoms with van der Waals surface area (Å²) >= 11 is 4.59. The predicted molar refractivity (Wildman–Crippen MR) is 86.9 cm³/mol. The molecule has 8 heteroatoms. The molecule has 0 aliphatic heterocycles. The van der Waals surface area contributed by atoms with E-state index in [1.54, 1.807) is 17.6 Å². The highest BCUT2D eigenvalue weighted by atomic mass is 79.9. The molecule has 0 amide bonds. The Morgan fingerprint density at radius 3 is 2.81 bits per heavy atom. The van der Waals surface area contributed by atoms with Crippen molar-refractivity contribution in [1.29, 1.82) is 0 Å². The molecule has 21 heavy (non-hydrogen) atoms. The van der Waals surface area contributed by atoms with Crippen LogP contribution in [-0.4, -0.2) is 19.4 Å². The summed E-state index contributed by atoms with van der Waals surface area (Å²) in [5.41, 5.74) is 1.06. The predicted octanol–water partition coefficient (Wildman–Crippen LogP) is 2.96. The number of nitrogens with one attached hydrogen (secondary N) is 2. The van der Waals surface area contributed by atoms with E-state index >= 15 is 0 Å². The Kier molecular flexibility index (Phi) is 4.30. The van der Waals surface area contributed by atoms with E-state index in [2.05, 4.69) is 31.0 Å². The first-order valence-electron chi connectivity index (χ1n) is 6.49. The summed E-state index contributed by atoms with van der Waals surface area (Å²) in [4.78, 5) is 4.15. The number of anilines is 1. The zero-order chi connectivity index (χ0) is 14.9. The summed E-state index contributed by atoms with van der Waals surface area (Å²) in [6.45, 7) is 0.753. The molecule has 112 valence electrons. The van der Waals surface area contributed by atoms with E-state index in [1.807, 2.05) is 12.1 Å². The molecular formula is C13H14BrN3O2S2. The molecule has 1 fully saturated rings. The number of rotatable bonds is 6. The van der Waals surface area contributed by atoms with Gasteiger partial charge in [-0.1, -0.05) is 6.07 Å². The standard InChI is InChI=1S/C13H14BrN3O2S2/c14-11-7-9(8-16-10-2-3-10)1-4-12(11)21(18,19)17-13-15-5-6-20-13/h1,4-7,10,16H,2-3,8H2,(H,15,17). The van der Waals surface area contributed by atoms with Crippen LogP contribution >= 0.6 is 27.3 Å². The summed E-state index contributed by atoms with van der Waals surface area (Å²) in [7, 11) is -3.62. The molecule has 2 aromatic rings. The van der Waals surface area contributed by atoms with Crippen molar-refractivity contribution < 1.29 is 8.42 Å². The minimum atomic E-state index is -3.62. The lowest BCUT2D eigenvalue weighted by Crippen LogP contribution is -2.16. The van der Waals surface area contributed by atoms with Gasteiger partial charge in [0.15, 0.2) is 5.13 Å². The molecule has 1 saturated carbocycles. The Bertz CT molecular complexity index is 728. The van der Waals surface area contributed by atoms with E-state index in [1.165, 1.54) is 24.2 Å². The third kappa shape index (κ3) is 3.82. The Balaban J connectivity index is 1.77. The molecule has 2 N–H and O–H groups in total. The van der Waals surface area contributed by atoms with Gasteiger partial charge in [-0.05, 0) is 46.5 Å².